The molecule has 0 aliphatic carbocycles. The van der Waals surface area contributed by atoms with Gasteiger partial charge in [-0.1, -0.05) is 41.0 Å². The average Bonchev–Trinajstić information content (AvgIpc) is 3.11. The summed E-state index contributed by atoms with van der Waals surface area (Å²) in [6.07, 6.45) is 4.45. The predicted octanol–water partition coefficient (Wildman–Crippen LogP) is 2.51. The first-order chi connectivity index (χ1) is 16.2. The van der Waals surface area contributed by atoms with E-state index >= 15 is 0 Å². The molecule has 2 aromatic heterocycles. The van der Waals surface area contributed by atoms with Crippen LogP contribution in [0.25, 0.3) is 11.2 Å². The first-order valence-corrected chi connectivity index (χ1v) is 12.9. The maximum Gasteiger partial charge on any atom is 0.330 e. The summed E-state index contributed by atoms with van der Waals surface area (Å²) >= 11 is 0. The molecule has 0 saturated carbocycles. The number of aromatic amines is 1. The Hall–Kier alpha value is -2.42. The molecular formula is C25H42N6O3. The molecule has 1 aliphatic heterocycles. The van der Waals surface area contributed by atoms with E-state index < -0.39 is 11.2 Å². The highest BCUT2D eigenvalue weighted by molar-refractivity contribution is 5.77. The third kappa shape index (κ3) is 6.58. The van der Waals surface area contributed by atoms with E-state index in [4.69, 9.17) is 4.98 Å². The molecule has 2 aromatic rings. The number of aromatic nitrogens is 4. The van der Waals surface area contributed by atoms with Gasteiger partial charge in [-0.2, -0.15) is 0 Å². The fourth-order valence-electron chi connectivity index (χ4n) is 4.80. The number of aryl methyl sites for hydroxylation is 2. The fraction of sp³-hybridized carbons (Fsp3) is 0.760. The maximum absolute atomic E-state index is 12.7. The third-order valence-electron chi connectivity index (χ3n) is 6.40. The number of piperidine rings is 1. The summed E-state index contributed by atoms with van der Waals surface area (Å²) in [5, 5.41) is 3.19. The molecule has 0 spiro atoms. The molecule has 0 unspecified atom stereocenters. The van der Waals surface area contributed by atoms with Gasteiger partial charge in [0, 0.05) is 51.6 Å². The normalized spacial score (nSPS) is 15.6. The van der Waals surface area contributed by atoms with Gasteiger partial charge in [0.1, 0.15) is 5.82 Å². The second-order valence-electron chi connectivity index (χ2n) is 10.5. The van der Waals surface area contributed by atoms with Gasteiger partial charge in [0.15, 0.2) is 11.2 Å². The van der Waals surface area contributed by atoms with Crippen LogP contribution in [0.1, 0.15) is 72.5 Å². The van der Waals surface area contributed by atoms with E-state index in [2.05, 4.69) is 49.8 Å². The highest BCUT2D eigenvalue weighted by Gasteiger charge is 2.23. The van der Waals surface area contributed by atoms with Crippen molar-refractivity contribution in [3.8, 4) is 0 Å². The van der Waals surface area contributed by atoms with Gasteiger partial charge in [-0.25, -0.2) is 9.78 Å². The minimum atomic E-state index is -0.423. The van der Waals surface area contributed by atoms with Crippen LogP contribution in [0, 0.1) is 11.8 Å². The Morgan fingerprint density at radius 2 is 1.76 bits per heavy atom. The molecule has 9 nitrogen and oxygen atoms in total. The molecular weight excluding hydrogens is 432 g/mol. The Morgan fingerprint density at radius 1 is 1.09 bits per heavy atom. The third-order valence-corrected chi connectivity index (χ3v) is 6.40. The zero-order chi connectivity index (χ0) is 24.8. The highest BCUT2D eigenvalue weighted by Crippen LogP contribution is 2.17. The van der Waals surface area contributed by atoms with Gasteiger partial charge in [0.05, 0.1) is 0 Å². The summed E-state index contributed by atoms with van der Waals surface area (Å²) < 4.78 is 3.46. The Kier molecular flexibility index (Phi) is 9.10. The van der Waals surface area contributed by atoms with Gasteiger partial charge in [-0.3, -0.25) is 19.1 Å². The second-order valence-corrected chi connectivity index (χ2v) is 10.5. The van der Waals surface area contributed by atoms with E-state index in [9.17, 15) is 14.4 Å². The molecule has 1 amide bonds. The number of H-pyrrole nitrogens is 1. The van der Waals surface area contributed by atoms with Crippen LogP contribution in [-0.4, -0.2) is 55.6 Å². The number of hydrogen-bond acceptors (Lipinski definition) is 5. The molecule has 190 valence electrons. The number of carbonyl (C=O) groups is 1. The van der Waals surface area contributed by atoms with Crippen LogP contribution in [0.4, 0.5) is 0 Å². The zero-order valence-corrected chi connectivity index (χ0v) is 21.5. The second kappa shape index (κ2) is 11.8. The van der Waals surface area contributed by atoms with Gasteiger partial charge < -0.3 is 14.8 Å². The van der Waals surface area contributed by atoms with Crippen molar-refractivity contribution in [2.24, 2.45) is 11.8 Å². The number of imidazole rings is 1. The molecule has 2 N–H and O–H groups in total. The quantitative estimate of drug-likeness (QED) is 0.521. The molecule has 0 atom stereocenters. The van der Waals surface area contributed by atoms with Crippen LogP contribution in [0.15, 0.2) is 9.59 Å². The van der Waals surface area contributed by atoms with Crippen molar-refractivity contribution in [2.75, 3.05) is 19.6 Å². The maximum atomic E-state index is 12.7. The molecule has 0 aromatic carbocycles. The van der Waals surface area contributed by atoms with Crippen molar-refractivity contribution in [2.45, 2.75) is 92.3 Å². The summed E-state index contributed by atoms with van der Waals surface area (Å²) in [5.74, 6) is 1.65. The van der Waals surface area contributed by atoms with E-state index in [0.29, 0.717) is 48.8 Å². The Bertz CT molecular complexity index is 1070. The van der Waals surface area contributed by atoms with Crippen LogP contribution >= 0.6 is 0 Å². The number of hydrogen-bond donors (Lipinski definition) is 2. The van der Waals surface area contributed by atoms with Crippen LogP contribution in [0.3, 0.4) is 0 Å². The molecule has 3 rings (SSSR count). The smallest absolute Gasteiger partial charge is 0.330 e. The molecule has 34 heavy (non-hydrogen) atoms. The van der Waals surface area contributed by atoms with Crippen molar-refractivity contribution in [1.29, 1.82) is 0 Å². The number of nitrogens with one attached hydrogen (secondary N) is 2. The van der Waals surface area contributed by atoms with Gasteiger partial charge in [0.2, 0.25) is 5.91 Å². The van der Waals surface area contributed by atoms with Crippen LogP contribution < -0.4 is 16.6 Å². The summed E-state index contributed by atoms with van der Waals surface area (Å²) in [5.41, 5.74) is 0.0196. The monoisotopic (exact) mass is 474 g/mol. The summed E-state index contributed by atoms with van der Waals surface area (Å²) in [4.78, 5) is 47.6. The van der Waals surface area contributed by atoms with Gasteiger partial charge in [0.25, 0.3) is 5.56 Å². The van der Waals surface area contributed by atoms with Crippen molar-refractivity contribution in [3.05, 3.63) is 26.7 Å². The molecule has 3 heterocycles. The number of fused-ring (bicyclic) bond motifs is 1. The Labute approximate surface area is 201 Å². The number of unbranched alkanes of at least 4 members (excludes halogenated alkanes) is 1. The standard InChI is InChI=1S/C25H42N6O3/c1-6-7-12-30-23-22(24(33)28-25(30)34)31(16-18(4)5)20(27-23)8-9-21(32)26-19-10-13-29(14-11-19)15-17(2)3/h17-19H,6-16H2,1-5H3,(H,26,32)(H,28,33,34). The first kappa shape index (κ1) is 26.2. The molecule has 0 bridgehead atoms. The van der Waals surface area contributed by atoms with E-state index in [1.54, 1.807) is 4.57 Å². The predicted molar refractivity (Wildman–Crippen MR) is 135 cm³/mol. The van der Waals surface area contributed by atoms with Gasteiger partial charge in [-0.05, 0) is 31.1 Å². The lowest BCUT2D eigenvalue weighted by Gasteiger charge is -2.33. The SMILES string of the molecule is CCCCn1c(=O)[nH]c(=O)c2c1nc(CCC(=O)NC1CCN(CC(C)C)CC1)n2CC(C)C. The van der Waals surface area contributed by atoms with Crippen LogP contribution in [0.2, 0.25) is 0 Å². The van der Waals surface area contributed by atoms with Gasteiger partial charge >= 0.3 is 5.69 Å². The minimum Gasteiger partial charge on any atom is -0.353 e. The lowest BCUT2D eigenvalue weighted by molar-refractivity contribution is -0.122. The number of nitrogens with zero attached hydrogens (tertiary/aromatic N) is 4. The van der Waals surface area contributed by atoms with Crippen molar-refractivity contribution in [1.82, 2.24) is 29.3 Å². The van der Waals surface area contributed by atoms with E-state index in [1.165, 1.54) is 0 Å². The fourth-order valence-corrected chi connectivity index (χ4v) is 4.80. The molecule has 0 radical (unpaired) electrons. The average molecular weight is 475 g/mol. The lowest BCUT2D eigenvalue weighted by atomic mass is 10.0. The summed E-state index contributed by atoms with van der Waals surface area (Å²) in [6.45, 7) is 14.9. The first-order valence-electron chi connectivity index (χ1n) is 12.9. The molecule has 1 aliphatic rings. The number of rotatable bonds is 11. The molecule has 9 heteroatoms. The van der Waals surface area contributed by atoms with Crippen molar-refractivity contribution in [3.63, 3.8) is 0 Å². The Balaban J connectivity index is 1.73. The topological polar surface area (TPSA) is 105 Å². The molecule has 1 fully saturated rings. The zero-order valence-electron chi connectivity index (χ0n) is 21.5. The van der Waals surface area contributed by atoms with Crippen LogP contribution in [-0.2, 0) is 24.3 Å². The lowest BCUT2D eigenvalue weighted by Crippen LogP contribution is -2.45. The number of carbonyl (C=O) groups excluding carboxylic acids is 1. The highest BCUT2D eigenvalue weighted by atomic mass is 16.2. The van der Waals surface area contributed by atoms with Gasteiger partial charge in [-0.15, -0.1) is 0 Å². The molecule has 1 saturated heterocycles. The summed E-state index contributed by atoms with van der Waals surface area (Å²) in [6, 6.07) is 0.215. The number of amides is 1. The Morgan fingerprint density at radius 3 is 2.38 bits per heavy atom. The largest absolute Gasteiger partial charge is 0.353 e. The van der Waals surface area contributed by atoms with E-state index in [-0.39, 0.29) is 17.9 Å². The van der Waals surface area contributed by atoms with E-state index in [1.807, 2.05) is 4.57 Å². The summed E-state index contributed by atoms with van der Waals surface area (Å²) in [7, 11) is 0. The minimum absolute atomic E-state index is 0.0164. The van der Waals surface area contributed by atoms with Crippen molar-refractivity contribution >= 4 is 17.1 Å². The van der Waals surface area contributed by atoms with E-state index in [0.717, 1.165) is 45.3 Å². The van der Waals surface area contributed by atoms with Crippen molar-refractivity contribution < 1.29 is 4.79 Å². The number of likely N-dealkylation sites (tertiary alicyclic amines) is 1. The van der Waals surface area contributed by atoms with Crippen LogP contribution in [0.5, 0.6) is 0 Å².